The number of nitrogens with two attached hydrogens (primary N) is 1. The van der Waals surface area contributed by atoms with Crippen LogP contribution in [0, 0.1) is 13.8 Å². The van der Waals surface area contributed by atoms with Gasteiger partial charge in [-0.2, -0.15) is 5.10 Å². The Morgan fingerprint density at radius 3 is 2.62 bits per heavy atom. The average molecular weight is 411 g/mol. The lowest BCUT2D eigenvalue weighted by Gasteiger charge is -2.10. The zero-order chi connectivity index (χ0) is 19.7. The van der Waals surface area contributed by atoms with Crippen molar-refractivity contribution in [3.63, 3.8) is 0 Å². The molecule has 0 saturated carbocycles. The number of halogens is 1. The van der Waals surface area contributed by atoms with Crippen LogP contribution in [0.2, 0.25) is 0 Å². The summed E-state index contributed by atoms with van der Waals surface area (Å²) >= 11 is 0. The maximum absolute atomic E-state index is 12.8. The van der Waals surface area contributed by atoms with Crippen LogP contribution in [-0.4, -0.2) is 22.2 Å². The first-order valence-corrected chi connectivity index (χ1v) is 9.84. The summed E-state index contributed by atoms with van der Waals surface area (Å²) in [5, 5.41) is 7.75. The fraction of sp³-hybridized carbons (Fsp3) is 0.304. The molecule has 0 radical (unpaired) electrons. The highest BCUT2D eigenvalue weighted by Gasteiger charge is 2.27. The molecule has 1 heterocycles. The van der Waals surface area contributed by atoms with Gasteiger partial charge in [-0.15, -0.1) is 12.4 Å². The van der Waals surface area contributed by atoms with Crippen LogP contribution >= 0.6 is 12.4 Å². The van der Waals surface area contributed by atoms with Crippen LogP contribution < -0.4 is 11.1 Å². The lowest BCUT2D eigenvalue weighted by atomic mass is 10.1. The van der Waals surface area contributed by atoms with Gasteiger partial charge in [-0.05, 0) is 68.9 Å². The van der Waals surface area contributed by atoms with Crippen molar-refractivity contribution < 1.29 is 4.79 Å². The molecule has 4 rings (SSSR count). The molecule has 0 aliphatic heterocycles. The van der Waals surface area contributed by atoms with Crippen molar-refractivity contribution in [1.29, 1.82) is 0 Å². The second kappa shape index (κ2) is 8.70. The van der Waals surface area contributed by atoms with Crippen LogP contribution in [0.5, 0.6) is 0 Å². The summed E-state index contributed by atoms with van der Waals surface area (Å²) in [7, 11) is 0. The largest absolute Gasteiger partial charge is 0.399 e. The fourth-order valence-electron chi connectivity index (χ4n) is 3.95. The zero-order valence-electron chi connectivity index (χ0n) is 16.9. The van der Waals surface area contributed by atoms with E-state index in [1.165, 1.54) is 16.8 Å². The van der Waals surface area contributed by atoms with Crippen molar-refractivity contribution in [2.24, 2.45) is 0 Å². The zero-order valence-corrected chi connectivity index (χ0v) is 17.7. The molecule has 0 atom stereocenters. The van der Waals surface area contributed by atoms with E-state index in [-0.39, 0.29) is 18.3 Å². The first-order valence-electron chi connectivity index (χ1n) is 9.84. The number of anilines is 1. The fourth-order valence-corrected chi connectivity index (χ4v) is 3.95. The average Bonchev–Trinajstić information content (AvgIpc) is 3.26. The Balaban J connectivity index is 0.00000240. The molecule has 0 saturated heterocycles. The van der Waals surface area contributed by atoms with Gasteiger partial charge in [0, 0.05) is 23.5 Å². The normalized spacial score (nSPS) is 12.3. The van der Waals surface area contributed by atoms with Gasteiger partial charge in [0.15, 0.2) is 5.69 Å². The Hall–Kier alpha value is -2.79. The number of aromatic nitrogens is 2. The number of nitrogen functional groups attached to an aromatic ring is 1. The van der Waals surface area contributed by atoms with Gasteiger partial charge < -0.3 is 11.1 Å². The van der Waals surface area contributed by atoms with E-state index in [2.05, 4.69) is 37.4 Å². The lowest BCUT2D eigenvalue weighted by molar-refractivity contribution is 0.0948. The van der Waals surface area contributed by atoms with Gasteiger partial charge >= 0.3 is 0 Å². The number of carbonyl (C=O) groups is 1. The van der Waals surface area contributed by atoms with E-state index in [1.807, 2.05) is 28.9 Å². The van der Waals surface area contributed by atoms with Crippen molar-refractivity contribution in [2.75, 3.05) is 12.3 Å². The SMILES string of the molecule is Cc1ccc(-n2nc(C(=O)NCCc3ccc(N)cc3)c3c2CCC3)c(C)c1.Cl. The number of rotatable bonds is 5. The smallest absolute Gasteiger partial charge is 0.272 e. The number of hydrogen-bond donors (Lipinski definition) is 2. The Bertz CT molecular complexity index is 1020. The quantitative estimate of drug-likeness (QED) is 0.625. The summed E-state index contributed by atoms with van der Waals surface area (Å²) < 4.78 is 1.98. The number of nitrogens with one attached hydrogen (secondary N) is 1. The molecule has 0 fully saturated rings. The summed E-state index contributed by atoms with van der Waals surface area (Å²) in [4.78, 5) is 12.8. The lowest BCUT2D eigenvalue weighted by Crippen LogP contribution is -2.27. The number of aryl methyl sites for hydroxylation is 2. The minimum atomic E-state index is -0.0860. The molecular formula is C23H27ClN4O. The molecule has 0 bridgehead atoms. The molecule has 1 amide bonds. The van der Waals surface area contributed by atoms with E-state index < -0.39 is 0 Å². The molecule has 6 heteroatoms. The third-order valence-electron chi connectivity index (χ3n) is 5.40. The summed E-state index contributed by atoms with van der Waals surface area (Å²) in [5.41, 5.74) is 13.9. The van der Waals surface area contributed by atoms with Crippen molar-refractivity contribution in [1.82, 2.24) is 15.1 Å². The Morgan fingerprint density at radius 2 is 1.90 bits per heavy atom. The first kappa shape index (κ1) is 20.9. The standard InChI is InChI=1S/C23H26N4O.ClH/c1-15-6-11-20(16(2)14-15)27-21-5-3-4-19(21)22(26-27)23(28)25-13-12-17-7-9-18(24)10-8-17;/h6-11,14H,3-5,12-13,24H2,1-2H3,(H,25,28);1H. The van der Waals surface area contributed by atoms with Gasteiger partial charge in [-0.3, -0.25) is 4.79 Å². The minimum absolute atomic E-state index is 0. The Kier molecular flexibility index (Phi) is 6.28. The van der Waals surface area contributed by atoms with Gasteiger partial charge in [-0.1, -0.05) is 29.8 Å². The van der Waals surface area contributed by atoms with Crippen LogP contribution in [0.1, 0.15) is 44.9 Å². The third-order valence-corrected chi connectivity index (χ3v) is 5.40. The molecular weight excluding hydrogens is 384 g/mol. The number of benzene rings is 2. The maximum atomic E-state index is 12.8. The van der Waals surface area contributed by atoms with Gasteiger partial charge in [0.2, 0.25) is 0 Å². The van der Waals surface area contributed by atoms with Crippen molar-refractivity contribution in [3.05, 3.63) is 76.1 Å². The molecule has 2 aromatic carbocycles. The number of nitrogens with zero attached hydrogens (tertiary/aromatic N) is 2. The van der Waals surface area contributed by atoms with Gasteiger partial charge in [-0.25, -0.2) is 4.68 Å². The van der Waals surface area contributed by atoms with E-state index in [9.17, 15) is 4.79 Å². The van der Waals surface area contributed by atoms with Gasteiger partial charge in [0.05, 0.1) is 5.69 Å². The Labute approximate surface area is 177 Å². The highest BCUT2D eigenvalue weighted by atomic mass is 35.5. The predicted octanol–water partition coefficient (Wildman–Crippen LogP) is 3.95. The summed E-state index contributed by atoms with van der Waals surface area (Å²) in [6.07, 6.45) is 3.73. The molecule has 152 valence electrons. The van der Waals surface area contributed by atoms with Crippen LogP contribution in [-0.2, 0) is 19.3 Å². The number of amides is 1. The third kappa shape index (κ3) is 4.30. The van der Waals surface area contributed by atoms with Gasteiger partial charge in [0.1, 0.15) is 0 Å². The number of hydrogen-bond acceptors (Lipinski definition) is 3. The van der Waals surface area contributed by atoms with Crippen molar-refractivity contribution in [3.8, 4) is 5.69 Å². The number of carbonyl (C=O) groups excluding carboxylic acids is 1. The van der Waals surface area contributed by atoms with E-state index >= 15 is 0 Å². The monoisotopic (exact) mass is 410 g/mol. The van der Waals surface area contributed by atoms with E-state index in [1.54, 1.807) is 0 Å². The van der Waals surface area contributed by atoms with E-state index in [0.29, 0.717) is 12.2 Å². The van der Waals surface area contributed by atoms with Crippen molar-refractivity contribution in [2.45, 2.75) is 39.5 Å². The Morgan fingerprint density at radius 1 is 1.14 bits per heavy atom. The molecule has 29 heavy (non-hydrogen) atoms. The predicted molar refractivity (Wildman–Crippen MR) is 119 cm³/mol. The first-order chi connectivity index (χ1) is 13.5. The molecule has 1 aromatic heterocycles. The maximum Gasteiger partial charge on any atom is 0.272 e. The topological polar surface area (TPSA) is 72.9 Å². The molecule has 5 nitrogen and oxygen atoms in total. The molecule has 1 aliphatic carbocycles. The molecule has 0 spiro atoms. The summed E-state index contributed by atoms with van der Waals surface area (Å²) in [6, 6.07) is 14.1. The van der Waals surface area contributed by atoms with Crippen molar-refractivity contribution >= 4 is 24.0 Å². The molecule has 3 aromatic rings. The van der Waals surface area contributed by atoms with Crippen LogP contribution in [0.4, 0.5) is 5.69 Å². The molecule has 0 unspecified atom stereocenters. The molecule has 3 N–H and O–H groups in total. The molecule has 1 aliphatic rings. The second-order valence-corrected chi connectivity index (χ2v) is 7.58. The van der Waals surface area contributed by atoms with E-state index in [4.69, 9.17) is 10.8 Å². The van der Waals surface area contributed by atoms with E-state index in [0.717, 1.165) is 48.2 Å². The number of fused-ring (bicyclic) bond motifs is 1. The summed E-state index contributed by atoms with van der Waals surface area (Å²) in [5.74, 6) is -0.0860. The minimum Gasteiger partial charge on any atom is -0.399 e. The van der Waals surface area contributed by atoms with Gasteiger partial charge in [0.25, 0.3) is 5.91 Å². The van der Waals surface area contributed by atoms with Crippen LogP contribution in [0.3, 0.4) is 0 Å². The summed E-state index contributed by atoms with van der Waals surface area (Å²) in [6.45, 7) is 4.76. The van der Waals surface area contributed by atoms with Crippen LogP contribution in [0.15, 0.2) is 42.5 Å². The highest BCUT2D eigenvalue weighted by Crippen LogP contribution is 2.29. The van der Waals surface area contributed by atoms with Crippen LogP contribution in [0.25, 0.3) is 5.69 Å². The second-order valence-electron chi connectivity index (χ2n) is 7.58. The highest BCUT2D eigenvalue weighted by molar-refractivity contribution is 5.94.